The molecule has 152 valence electrons. The molecule has 0 aliphatic rings. The minimum atomic E-state index is 0.832. The zero-order valence-corrected chi connectivity index (χ0v) is 18.7. The Balaban J connectivity index is 1.61. The fourth-order valence-corrected chi connectivity index (χ4v) is 4.50. The quantitative estimate of drug-likeness (QED) is 0.263. The molecule has 0 saturated carbocycles. The summed E-state index contributed by atoms with van der Waals surface area (Å²) in [6.07, 6.45) is 2.17. The number of pyridine rings is 1. The van der Waals surface area contributed by atoms with Gasteiger partial charge < -0.3 is 0 Å². The number of rotatable bonds is 3. The van der Waals surface area contributed by atoms with Gasteiger partial charge in [-0.2, -0.15) is 0 Å². The summed E-state index contributed by atoms with van der Waals surface area (Å²) in [5.41, 5.74) is 6.62. The summed E-state index contributed by atoms with van der Waals surface area (Å²) in [5.74, 6) is 0.832. The van der Waals surface area contributed by atoms with Gasteiger partial charge in [0.25, 0.3) is 0 Å². The first kappa shape index (κ1) is 19.0. The Kier molecular flexibility index (Phi) is 4.58. The Morgan fingerprint density at radius 1 is 0.562 bits per heavy atom. The second-order valence-corrected chi connectivity index (χ2v) is 8.67. The number of benzene rings is 4. The monoisotopic (exact) mass is 475 g/mol. The van der Waals surface area contributed by atoms with Crippen LogP contribution in [-0.2, 0) is 0 Å². The molecular formula is C28H18BrN3. The van der Waals surface area contributed by atoms with E-state index in [4.69, 9.17) is 0 Å². The van der Waals surface area contributed by atoms with Gasteiger partial charge in [-0.05, 0) is 40.3 Å². The molecule has 2 heterocycles. The molecule has 0 spiro atoms. The van der Waals surface area contributed by atoms with E-state index in [0.717, 1.165) is 32.5 Å². The van der Waals surface area contributed by atoms with Crippen molar-refractivity contribution in [3.05, 3.63) is 114 Å². The number of halogens is 1. The van der Waals surface area contributed by atoms with E-state index >= 15 is 0 Å². The second-order valence-electron chi connectivity index (χ2n) is 7.76. The maximum atomic E-state index is 4.55. The topological polar surface area (TPSA) is 30.2 Å². The molecular weight excluding hydrogens is 458 g/mol. The van der Waals surface area contributed by atoms with E-state index in [1.807, 2.05) is 18.2 Å². The van der Waals surface area contributed by atoms with Crippen molar-refractivity contribution in [3.63, 3.8) is 0 Å². The summed E-state index contributed by atoms with van der Waals surface area (Å²) in [5, 5.41) is 11.3. The minimum Gasteiger partial charge on any atom is -0.281 e. The third-order valence-corrected chi connectivity index (χ3v) is 6.32. The molecule has 6 rings (SSSR count). The average Bonchev–Trinajstić information content (AvgIpc) is 3.29. The number of hydrogen-bond donors (Lipinski definition) is 0. The van der Waals surface area contributed by atoms with Gasteiger partial charge in [0.05, 0.1) is 0 Å². The van der Waals surface area contributed by atoms with Gasteiger partial charge in [-0.25, -0.2) is 0 Å². The SMILES string of the molecule is Brc1ccc(-c2nnc3c4ccccc4c(-c4cccc(-c5ccccc5)c4)cn23)cc1. The Hall–Kier alpha value is -3.76. The molecule has 0 bridgehead atoms. The van der Waals surface area contributed by atoms with Crippen molar-refractivity contribution in [3.8, 4) is 33.6 Å². The van der Waals surface area contributed by atoms with Crippen LogP contribution in [0.1, 0.15) is 0 Å². The highest BCUT2D eigenvalue weighted by Crippen LogP contribution is 2.34. The van der Waals surface area contributed by atoms with Crippen LogP contribution in [0.2, 0.25) is 0 Å². The molecule has 0 aliphatic carbocycles. The third-order valence-electron chi connectivity index (χ3n) is 5.80. The average molecular weight is 476 g/mol. The Morgan fingerprint density at radius 2 is 1.25 bits per heavy atom. The van der Waals surface area contributed by atoms with Crippen LogP contribution in [0.15, 0.2) is 114 Å². The highest BCUT2D eigenvalue weighted by atomic mass is 79.9. The van der Waals surface area contributed by atoms with Gasteiger partial charge in [0.2, 0.25) is 0 Å². The van der Waals surface area contributed by atoms with E-state index in [0.29, 0.717) is 0 Å². The van der Waals surface area contributed by atoms with Crippen molar-refractivity contribution in [2.75, 3.05) is 0 Å². The van der Waals surface area contributed by atoms with Crippen molar-refractivity contribution in [1.29, 1.82) is 0 Å². The van der Waals surface area contributed by atoms with Gasteiger partial charge in [0.15, 0.2) is 11.5 Å². The van der Waals surface area contributed by atoms with Gasteiger partial charge >= 0.3 is 0 Å². The summed E-state index contributed by atoms with van der Waals surface area (Å²) in [6, 6.07) is 35.8. The van der Waals surface area contributed by atoms with E-state index in [-0.39, 0.29) is 0 Å². The normalized spacial score (nSPS) is 11.3. The summed E-state index contributed by atoms with van der Waals surface area (Å²) in [4.78, 5) is 0. The molecule has 0 saturated heterocycles. The van der Waals surface area contributed by atoms with Crippen LogP contribution in [-0.4, -0.2) is 14.6 Å². The van der Waals surface area contributed by atoms with Gasteiger partial charge in [-0.3, -0.25) is 4.40 Å². The Labute approximate surface area is 194 Å². The lowest BCUT2D eigenvalue weighted by Gasteiger charge is -2.11. The van der Waals surface area contributed by atoms with Crippen LogP contribution in [0.25, 0.3) is 50.1 Å². The molecule has 0 atom stereocenters. The molecule has 32 heavy (non-hydrogen) atoms. The number of aromatic nitrogens is 3. The lowest BCUT2D eigenvalue weighted by Crippen LogP contribution is -1.94. The Morgan fingerprint density at radius 3 is 2.06 bits per heavy atom. The molecule has 0 aliphatic heterocycles. The summed E-state index contributed by atoms with van der Waals surface area (Å²) < 4.78 is 3.15. The van der Waals surface area contributed by atoms with E-state index in [1.165, 1.54) is 22.1 Å². The highest BCUT2D eigenvalue weighted by Gasteiger charge is 2.15. The predicted octanol–water partition coefficient (Wildman–Crippen LogP) is 7.65. The van der Waals surface area contributed by atoms with Crippen LogP contribution in [0.4, 0.5) is 0 Å². The van der Waals surface area contributed by atoms with Gasteiger partial charge in [0, 0.05) is 27.2 Å². The van der Waals surface area contributed by atoms with Gasteiger partial charge in [-0.15, -0.1) is 10.2 Å². The fourth-order valence-electron chi connectivity index (χ4n) is 4.23. The Bertz CT molecular complexity index is 1570. The second kappa shape index (κ2) is 7.74. The van der Waals surface area contributed by atoms with E-state index in [9.17, 15) is 0 Å². The molecule has 0 unspecified atom stereocenters. The zero-order valence-electron chi connectivity index (χ0n) is 17.1. The lowest BCUT2D eigenvalue weighted by molar-refractivity contribution is 1.11. The molecule has 0 N–H and O–H groups in total. The first-order valence-corrected chi connectivity index (χ1v) is 11.3. The fraction of sp³-hybridized carbons (Fsp3) is 0. The first-order valence-electron chi connectivity index (χ1n) is 10.5. The van der Waals surface area contributed by atoms with Crippen LogP contribution in [0.3, 0.4) is 0 Å². The third kappa shape index (κ3) is 3.20. The van der Waals surface area contributed by atoms with Crippen molar-refractivity contribution >= 4 is 32.3 Å². The van der Waals surface area contributed by atoms with Gasteiger partial charge in [0.1, 0.15) is 0 Å². The lowest BCUT2D eigenvalue weighted by atomic mass is 9.96. The summed E-state index contributed by atoms with van der Waals surface area (Å²) in [6.45, 7) is 0. The summed E-state index contributed by atoms with van der Waals surface area (Å²) in [7, 11) is 0. The summed E-state index contributed by atoms with van der Waals surface area (Å²) >= 11 is 3.52. The van der Waals surface area contributed by atoms with Crippen LogP contribution in [0, 0.1) is 0 Å². The molecule has 0 amide bonds. The molecule has 4 heteroatoms. The minimum absolute atomic E-state index is 0.832. The van der Waals surface area contributed by atoms with E-state index in [2.05, 4.69) is 122 Å². The molecule has 2 aromatic heterocycles. The van der Waals surface area contributed by atoms with Crippen molar-refractivity contribution in [2.45, 2.75) is 0 Å². The number of nitrogens with zero attached hydrogens (tertiary/aromatic N) is 3. The van der Waals surface area contributed by atoms with Crippen LogP contribution >= 0.6 is 15.9 Å². The predicted molar refractivity (Wildman–Crippen MR) is 135 cm³/mol. The molecule has 0 radical (unpaired) electrons. The highest BCUT2D eigenvalue weighted by molar-refractivity contribution is 9.10. The molecule has 0 fully saturated rings. The smallest absolute Gasteiger partial charge is 0.169 e. The van der Waals surface area contributed by atoms with Crippen LogP contribution < -0.4 is 0 Å². The van der Waals surface area contributed by atoms with Crippen molar-refractivity contribution < 1.29 is 0 Å². The van der Waals surface area contributed by atoms with E-state index < -0.39 is 0 Å². The molecule has 3 nitrogen and oxygen atoms in total. The van der Waals surface area contributed by atoms with Crippen molar-refractivity contribution in [2.24, 2.45) is 0 Å². The maximum Gasteiger partial charge on any atom is 0.169 e. The van der Waals surface area contributed by atoms with Crippen molar-refractivity contribution in [1.82, 2.24) is 14.6 Å². The largest absolute Gasteiger partial charge is 0.281 e. The van der Waals surface area contributed by atoms with Crippen LogP contribution in [0.5, 0.6) is 0 Å². The van der Waals surface area contributed by atoms with E-state index in [1.54, 1.807) is 0 Å². The molecule has 4 aromatic carbocycles. The number of hydrogen-bond acceptors (Lipinski definition) is 2. The molecule has 6 aromatic rings. The standard InChI is InChI=1S/C28H18BrN3/c29-23-15-13-20(14-16-23)27-30-31-28-25-12-5-4-11-24(25)26(18-32(27)28)22-10-6-9-21(17-22)19-7-2-1-3-8-19/h1-18H. The zero-order chi connectivity index (χ0) is 21.5. The van der Waals surface area contributed by atoms with Gasteiger partial charge in [-0.1, -0.05) is 101 Å². The number of fused-ring (bicyclic) bond motifs is 3. The first-order chi connectivity index (χ1) is 15.8. The maximum absolute atomic E-state index is 4.55.